The molecule has 0 radical (unpaired) electrons. The fourth-order valence-electron chi connectivity index (χ4n) is 10.1. The van der Waals surface area contributed by atoms with Gasteiger partial charge < -0.3 is 14.0 Å². The van der Waals surface area contributed by atoms with Crippen LogP contribution in [0.15, 0.2) is 249 Å². The minimum atomic E-state index is 0.668. The molecule has 0 unspecified atom stereocenters. The molecule has 0 spiro atoms. The van der Waals surface area contributed by atoms with Gasteiger partial charge >= 0.3 is 0 Å². The van der Waals surface area contributed by atoms with Crippen LogP contribution in [0.2, 0.25) is 0 Å². The SMILES string of the molecule is c1ccc(-c2ncc(N(c3cc(-c4cccc5c6ccccc6n(-c6ccccc6)c45)cc(-n4c5ccccc5c5ccccc54)c3)c3ccc4ccccc4c3)c(-c3ccccc3)n2)cc1. The highest BCUT2D eigenvalue weighted by Gasteiger charge is 2.25. The van der Waals surface area contributed by atoms with E-state index in [0.29, 0.717) is 5.82 Å². The fourth-order valence-corrected chi connectivity index (χ4v) is 10.1. The number of hydrogen-bond donors (Lipinski definition) is 0. The van der Waals surface area contributed by atoms with Crippen LogP contribution in [0.5, 0.6) is 0 Å². The largest absolute Gasteiger partial charge is 0.309 e. The molecule has 3 aromatic heterocycles. The molecule has 0 aliphatic heterocycles. The van der Waals surface area contributed by atoms with Gasteiger partial charge in [0.05, 0.1) is 39.6 Å². The average molecular weight is 856 g/mol. The molecule has 5 nitrogen and oxygen atoms in total. The van der Waals surface area contributed by atoms with Crippen molar-refractivity contribution in [3.05, 3.63) is 249 Å². The van der Waals surface area contributed by atoms with E-state index in [1.807, 2.05) is 24.4 Å². The van der Waals surface area contributed by atoms with Crippen molar-refractivity contribution in [3.8, 4) is 45.1 Å². The summed E-state index contributed by atoms with van der Waals surface area (Å²) in [6, 6.07) is 86.8. The molecule has 67 heavy (non-hydrogen) atoms. The molecule has 0 fully saturated rings. The van der Waals surface area contributed by atoms with Crippen molar-refractivity contribution < 1.29 is 0 Å². The molecule has 0 N–H and O–H groups in total. The van der Waals surface area contributed by atoms with E-state index in [0.717, 1.165) is 83.8 Å². The maximum absolute atomic E-state index is 5.43. The smallest absolute Gasteiger partial charge is 0.159 e. The summed E-state index contributed by atoms with van der Waals surface area (Å²) in [4.78, 5) is 12.9. The van der Waals surface area contributed by atoms with Crippen LogP contribution >= 0.6 is 0 Å². The van der Waals surface area contributed by atoms with Crippen molar-refractivity contribution in [1.29, 1.82) is 0 Å². The van der Waals surface area contributed by atoms with Crippen molar-refractivity contribution in [2.75, 3.05) is 4.90 Å². The minimum Gasteiger partial charge on any atom is -0.309 e. The molecule has 0 aliphatic rings. The lowest BCUT2D eigenvalue weighted by Gasteiger charge is -2.29. The zero-order chi connectivity index (χ0) is 44.3. The highest BCUT2D eigenvalue weighted by molar-refractivity contribution is 6.14. The first-order valence-electron chi connectivity index (χ1n) is 22.7. The van der Waals surface area contributed by atoms with Gasteiger partial charge in [0.25, 0.3) is 0 Å². The van der Waals surface area contributed by atoms with E-state index in [9.17, 15) is 0 Å². The van der Waals surface area contributed by atoms with Crippen molar-refractivity contribution in [1.82, 2.24) is 19.1 Å². The summed E-state index contributed by atoms with van der Waals surface area (Å²) in [6.07, 6.45) is 2.01. The molecular formula is C62H41N5. The number of fused-ring (bicyclic) bond motifs is 7. The van der Waals surface area contributed by atoms with Gasteiger partial charge in [-0.15, -0.1) is 0 Å². The average Bonchev–Trinajstić information content (AvgIpc) is 3.93. The Morgan fingerprint density at radius 1 is 0.358 bits per heavy atom. The third-order valence-electron chi connectivity index (χ3n) is 13.1. The first-order valence-corrected chi connectivity index (χ1v) is 22.7. The number of anilines is 3. The zero-order valence-corrected chi connectivity index (χ0v) is 36.4. The Balaban J connectivity index is 1.16. The van der Waals surface area contributed by atoms with Crippen molar-refractivity contribution in [2.45, 2.75) is 0 Å². The molecule has 5 heteroatoms. The normalized spacial score (nSPS) is 11.6. The molecule has 3 heterocycles. The highest BCUT2D eigenvalue weighted by Crippen LogP contribution is 2.46. The van der Waals surface area contributed by atoms with E-state index in [2.05, 4.69) is 238 Å². The quantitative estimate of drug-likeness (QED) is 0.153. The van der Waals surface area contributed by atoms with Crippen LogP contribution in [0, 0.1) is 0 Å². The van der Waals surface area contributed by atoms with Crippen molar-refractivity contribution >= 4 is 71.4 Å². The number of hydrogen-bond acceptors (Lipinski definition) is 3. The molecule has 0 aliphatic carbocycles. The van der Waals surface area contributed by atoms with Crippen LogP contribution in [0.25, 0.3) is 99.5 Å². The van der Waals surface area contributed by atoms with Crippen LogP contribution in [-0.2, 0) is 0 Å². The lowest BCUT2D eigenvalue weighted by Crippen LogP contribution is -2.14. The van der Waals surface area contributed by atoms with Gasteiger partial charge in [-0.2, -0.15) is 0 Å². The van der Waals surface area contributed by atoms with E-state index in [-0.39, 0.29) is 0 Å². The first-order chi connectivity index (χ1) is 33.2. The van der Waals surface area contributed by atoms with E-state index in [4.69, 9.17) is 9.97 Å². The van der Waals surface area contributed by atoms with Crippen molar-refractivity contribution in [3.63, 3.8) is 0 Å². The van der Waals surface area contributed by atoms with Gasteiger partial charge in [0.15, 0.2) is 5.82 Å². The molecule has 0 saturated carbocycles. The standard InChI is InChI=1S/C62H41N5/c1-4-20-43(21-5-1)60-59(41-63-62(64-60)44-22-6-2-7-23-44)65(48-36-35-42-19-10-11-24-45(42)37-48)49-38-46(39-50(40-49)66-56-32-15-12-27-52(56)53-28-13-16-33-57(53)66)51-30-18-31-55-54-29-14-17-34-58(54)67(61(51)55)47-25-8-3-9-26-47/h1-41H. The summed E-state index contributed by atoms with van der Waals surface area (Å²) in [6.45, 7) is 0. The lowest BCUT2D eigenvalue weighted by molar-refractivity contribution is 1.13. The Kier molecular flexibility index (Phi) is 9.10. The minimum absolute atomic E-state index is 0.668. The number of rotatable bonds is 8. The summed E-state index contributed by atoms with van der Waals surface area (Å²) in [5.41, 5.74) is 14.6. The van der Waals surface area contributed by atoms with Gasteiger partial charge in [0, 0.05) is 61.0 Å². The fraction of sp³-hybridized carbons (Fsp3) is 0. The van der Waals surface area contributed by atoms with Crippen LogP contribution in [0.1, 0.15) is 0 Å². The maximum Gasteiger partial charge on any atom is 0.159 e. The molecule has 0 saturated heterocycles. The molecule has 0 atom stereocenters. The summed E-state index contributed by atoms with van der Waals surface area (Å²) < 4.78 is 4.85. The second-order valence-corrected chi connectivity index (χ2v) is 17.0. The topological polar surface area (TPSA) is 38.9 Å². The lowest BCUT2D eigenvalue weighted by atomic mass is 9.99. The first kappa shape index (κ1) is 38.4. The third-order valence-corrected chi connectivity index (χ3v) is 13.1. The number of para-hydroxylation sites is 5. The summed E-state index contributed by atoms with van der Waals surface area (Å²) >= 11 is 0. The Hall–Kier alpha value is -9.06. The van der Waals surface area contributed by atoms with Crippen LogP contribution in [0.3, 0.4) is 0 Å². The van der Waals surface area contributed by atoms with Gasteiger partial charge in [-0.3, -0.25) is 0 Å². The van der Waals surface area contributed by atoms with Crippen LogP contribution in [-0.4, -0.2) is 19.1 Å². The van der Waals surface area contributed by atoms with Gasteiger partial charge in [0.1, 0.15) is 0 Å². The second kappa shape index (κ2) is 15.9. The monoisotopic (exact) mass is 855 g/mol. The second-order valence-electron chi connectivity index (χ2n) is 17.0. The van der Waals surface area contributed by atoms with E-state index < -0.39 is 0 Å². The molecule has 10 aromatic carbocycles. The molecule has 0 bridgehead atoms. The predicted octanol–water partition coefficient (Wildman–Crippen LogP) is 16.3. The van der Waals surface area contributed by atoms with E-state index >= 15 is 0 Å². The van der Waals surface area contributed by atoms with Gasteiger partial charge in [0.2, 0.25) is 0 Å². The summed E-state index contributed by atoms with van der Waals surface area (Å²) in [5, 5.41) is 7.14. The summed E-state index contributed by atoms with van der Waals surface area (Å²) in [7, 11) is 0. The van der Waals surface area contributed by atoms with Crippen LogP contribution < -0.4 is 4.90 Å². The highest BCUT2D eigenvalue weighted by atomic mass is 15.2. The Morgan fingerprint density at radius 3 is 1.63 bits per heavy atom. The molecule has 314 valence electrons. The summed E-state index contributed by atoms with van der Waals surface area (Å²) in [5.74, 6) is 0.668. The molecule has 13 rings (SSSR count). The Bertz CT molecular complexity index is 3930. The third kappa shape index (κ3) is 6.47. The van der Waals surface area contributed by atoms with E-state index in [1.165, 1.54) is 26.9 Å². The van der Waals surface area contributed by atoms with E-state index in [1.54, 1.807) is 0 Å². The maximum atomic E-state index is 5.43. The predicted molar refractivity (Wildman–Crippen MR) is 279 cm³/mol. The Morgan fingerprint density at radius 2 is 0.925 bits per heavy atom. The van der Waals surface area contributed by atoms with Gasteiger partial charge in [-0.1, -0.05) is 182 Å². The zero-order valence-electron chi connectivity index (χ0n) is 36.4. The van der Waals surface area contributed by atoms with Gasteiger partial charge in [-0.05, 0) is 77.0 Å². The Labute approximate surface area is 387 Å². The number of benzene rings is 10. The molecule has 0 amide bonds. The molecule has 13 aromatic rings. The number of aromatic nitrogens is 4. The molecular weight excluding hydrogens is 815 g/mol. The van der Waals surface area contributed by atoms with Crippen LogP contribution in [0.4, 0.5) is 17.1 Å². The number of nitrogens with zero attached hydrogens (tertiary/aromatic N) is 5. The van der Waals surface area contributed by atoms with Gasteiger partial charge in [-0.25, -0.2) is 9.97 Å². The van der Waals surface area contributed by atoms with Crippen molar-refractivity contribution in [2.24, 2.45) is 0 Å².